The quantitative estimate of drug-likeness (QED) is 0.915. The van der Waals surface area contributed by atoms with Gasteiger partial charge in [-0.25, -0.2) is 18.4 Å². The minimum atomic E-state index is -2.96. The Morgan fingerprint density at radius 1 is 1.30 bits per heavy atom. The summed E-state index contributed by atoms with van der Waals surface area (Å²) in [5.74, 6) is 1.04. The number of rotatable bonds is 4. The maximum Gasteiger partial charge on any atom is 0.150 e. The van der Waals surface area contributed by atoms with Gasteiger partial charge in [0.25, 0.3) is 0 Å². The smallest absolute Gasteiger partial charge is 0.150 e. The van der Waals surface area contributed by atoms with Crippen molar-refractivity contribution >= 4 is 9.84 Å². The van der Waals surface area contributed by atoms with E-state index < -0.39 is 9.84 Å². The van der Waals surface area contributed by atoms with Crippen molar-refractivity contribution in [2.45, 2.75) is 43.9 Å². The molecule has 2 rings (SSSR count). The highest BCUT2D eigenvalue weighted by Crippen LogP contribution is 2.35. The summed E-state index contributed by atoms with van der Waals surface area (Å²) in [4.78, 5) is 8.78. The van der Waals surface area contributed by atoms with Crippen molar-refractivity contribution in [3.63, 3.8) is 0 Å². The van der Waals surface area contributed by atoms with Gasteiger partial charge in [0.05, 0.1) is 11.3 Å². The fourth-order valence-corrected chi connectivity index (χ4v) is 4.20. The highest BCUT2D eigenvalue weighted by atomic mass is 32.2. The van der Waals surface area contributed by atoms with Gasteiger partial charge in [-0.15, -0.1) is 0 Å². The lowest BCUT2D eigenvalue weighted by Gasteiger charge is -2.32. The van der Waals surface area contributed by atoms with E-state index in [0.717, 1.165) is 30.7 Å². The Kier molecular flexibility index (Phi) is 4.75. The molecule has 0 aromatic carbocycles. The average molecular weight is 297 g/mol. The molecule has 0 saturated heterocycles. The standard InChI is InChI=1S/C14H23N3O2S/c1-10-8-16-14(17-9-10)13(15-2)11-5-4-6-12(7-11)20(3,18)19/h8-9,11-13,15H,4-7H2,1-3H3. The molecule has 3 unspecified atom stereocenters. The molecule has 1 aliphatic rings. The van der Waals surface area contributed by atoms with Crippen LogP contribution >= 0.6 is 0 Å². The van der Waals surface area contributed by atoms with E-state index in [4.69, 9.17) is 0 Å². The molecule has 0 aliphatic heterocycles. The van der Waals surface area contributed by atoms with Gasteiger partial charge in [0.15, 0.2) is 0 Å². The molecule has 0 radical (unpaired) electrons. The molecule has 112 valence electrons. The zero-order valence-electron chi connectivity index (χ0n) is 12.3. The van der Waals surface area contributed by atoms with Crippen LogP contribution in [-0.2, 0) is 9.84 Å². The maximum absolute atomic E-state index is 11.8. The van der Waals surface area contributed by atoms with E-state index in [9.17, 15) is 8.42 Å². The maximum atomic E-state index is 11.8. The first-order valence-electron chi connectivity index (χ1n) is 7.06. The van der Waals surface area contributed by atoms with Crippen molar-refractivity contribution in [3.05, 3.63) is 23.8 Å². The van der Waals surface area contributed by atoms with Crippen molar-refractivity contribution in [1.29, 1.82) is 0 Å². The van der Waals surface area contributed by atoms with Gasteiger partial charge in [0.2, 0.25) is 0 Å². The van der Waals surface area contributed by atoms with Crippen LogP contribution in [0.4, 0.5) is 0 Å². The fraction of sp³-hybridized carbons (Fsp3) is 0.714. The lowest BCUT2D eigenvalue weighted by molar-refractivity contribution is 0.274. The summed E-state index contributed by atoms with van der Waals surface area (Å²) in [7, 11) is -1.07. The minimum Gasteiger partial charge on any atom is -0.310 e. The van der Waals surface area contributed by atoms with Crippen molar-refractivity contribution in [2.24, 2.45) is 5.92 Å². The highest BCUT2D eigenvalue weighted by Gasteiger charge is 2.34. The first-order chi connectivity index (χ1) is 9.41. The number of nitrogens with one attached hydrogen (secondary N) is 1. The minimum absolute atomic E-state index is 0.0279. The number of aromatic nitrogens is 2. The van der Waals surface area contributed by atoms with Gasteiger partial charge in [-0.3, -0.25) is 0 Å². The first-order valence-corrected chi connectivity index (χ1v) is 9.02. The topological polar surface area (TPSA) is 72.0 Å². The lowest BCUT2D eigenvalue weighted by atomic mass is 9.83. The van der Waals surface area contributed by atoms with Gasteiger partial charge in [-0.2, -0.15) is 0 Å². The van der Waals surface area contributed by atoms with E-state index in [1.165, 1.54) is 6.26 Å². The molecule has 1 saturated carbocycles. The molecule has 3 atom stereocenters. The summed E-state index contributed by atoms with van der Waals surface area (Å²) < 4.78 is 23.5. The van der Waals surface area contributed by atoms with Gasteiger partial charge < -0.3 is 5.32 Å². The normalized spacial score (nSPS) is 25.4. The van der Waals surface area contributed by atoms with E-state index in [-0.39, 0.29) is 17.2 Å². The largest absolute Gasteiger partial charge is 0.310 e. The van der Waals surface area contributed by atoms with E-state index in [0.29, 0.717) is 6.42 Å². The molecule has 20 heavy (non-hydrogen) atoms. The monoisotopic (exact) mass is 297 g/mol. The number of nitrogens with zero attached hydrogens (tertiary/aromatic N) is 2. The molecule has 1 heterocycles. The molecule has 1 aromatic rings. The zero-order chi connectivity index (χ0) is 14.8. The Balaban J connectivity index is 2.17. The zero-order valence-corrected chi connectivity index (χ0v) is 13.2. The molecule has 6 heteroatoms. The molecule has 0 amide bonds. The van der Waals surface area contributed by atoms with Crippen LogP contribution in [0.3, 0.4) is 0 Å². The van der Waals surface area contributed by atoms with Crippen LogP contribution in [0.5, 0.6) is 0 Å². The Labute approximate surface area is 121 Å². The van der Waals surface area contributed by atoms with Crippen LogP contribution in [0.25, 0.3) is 0 Å². The molecule has 0 spiro atoms. The summed E-state index contributed by atoms with van der Waals surface area (Å²) in [5, 5.41) is 3.04. The van der Waals surface area contributed by atoms with Gasteiger partial charge >= 0.3 is 0 Å². The molecular formula is C14H23N3O2S. The van der Waals surface area contributed by atoms with Crippen LogP contribution in [-0.4, -0.2) is 36.9 Å². The van der Waals surface area contributed by atoms with Gasteiger partial charge in [0.1, 0.15) is 15.7 Å². The SMILES string of the molecule is CNC(c1ncc(C)cn1)C1CCCC(S(C)(=O)=O)C1. The summed E-state index contributed by atoms with van der Waals surface area (Å²) in [6.45, 7) is 1.96. The lowest BCUT2D eigenvalue weighted by Crippen LogP contribution is -2.35. The van der Waals surface area contributed by atoms with Gasteiger partial charge in [0, 0.05) is 18.6 Å². The van der Waals surface area contributed by atoms with Crippen LogP contribution in [0, 0.1) is 12.8 Å². The predicted octanol–water partition coefficient (Wildman–Crippen LogP) is 1.65. The molecule has 0 bridgehead atoms. The van der Waals surface area contributed by atoms with Crippen LogP contribution in [0.15, 0.2) is 12.4 Å². The first kappa shape index (κ1) is 15.4. The third kappa shape index (κ3) is 3.55. The third-order valence-corrected chi connectivity index (χ3v) is 5.77. The third-order valence-electron chi connectivity index (χ3n) is 4.13. The Morgan fingerprint density at radius 2 is 1.95 bits per heavy atom. The number of hydrogen-bond donors (Lipinski definition) is 1. The molecule has 1 aromatic heterocycles. The van der Waals surface area contributed by atoms with E-state index in [1.54, 1.807) is 0 Å². The van der Waals surface area contributed by atoms with E-state index in [1.807, 2.05) is 26.4 Å². The number of hydrogen-bond acceptors (Lipinski definition) is 5. The predicted molar refractivity (Wildman–Crippen MR) is 79.2 cm³/mol. The van der Waals surface area contributed by atoms with Crippen molar-refractivity contribution in [1.82, 2.24) is 15.3 Å². The summed E-state index contributed by atoms with van der Waals surface area (Å²) in [6, 6.07) is 0.0279. The Bertz CT molecular complexity index is 542. The second-order valence-electron chi connectivity index (χ2n) is 5.76. The Hall–Kier alpha value is -1.01. The summed E-state index contributed by atoms with van der Waals surface area (Å²) >= 11 is 0. The second kappa shape index (κ2) is 6.18. The van der Waals surface area contributed by atoms with Crippen LogP contribution in [0.1, 0.15) is 43.1 Å². The van der Waals surface area contributed by atoms with Crippen LogP contribution < -0.4 is 5.32 Å². The highest BCUT2D eigenvalue weighted by molar-refractivity contribution is 7.91. The van der Waals surface area contributed by atoms with Crippen molar-refractivity contribution < 1.29 is 8.42 Å². The molecule has 5 nitrogen and oxygen atoms in total. The molecule has 1 fully saturated rings. The Morgan fingerprint density at radius 3 is 2.50 bits per heavy atom. The summed E-state index contributed by atoms with van der Waals surface area (Å²) in [5.41, 5.74) is 1.03. The fourth-order valence-electron chi connectivity index (χ4n) is 3.01. The molecular weight excluding hydrogens is 274 g/mol. The van der Waals surface area contributed by atoms with E-state index >= 15 is 0 Å². The average Bonchev–Trinajstić information content (AvgIpc) is 2.41. The van der Waals surface area contributed by atoms with Crippen LogP contribution in [0.2, 0.25) is 0 Å². The van der Waals surface area contributed by atoms with E-state index in [2.05, 4.69) is 15.3 Å². The second-order valence-corrected chi connectivity index (χ2v) is 8.09. The molecule has 1 N–H and O–H groups in total. The molecule has 1 aliphatic carbocycles. The van der Waals surface area contributed by atoms with Crippen molar-refractivity contribution in [2.75, 3.05) is 13.3 Å². The number of sulfone groups is 1. The summed E-state index contributed by atoms with van der Waals surface area (Å²) in [6.07, 6.45) is 8.41. The number of aryl methyl sites for hydroxylation is 1. The van der Waals surface area contributed by atoms with Gasteiger partial charge in [-0.05, 0) is 44.7 Å². The van der Waals surface area contributed by atoms with Gasteiger partial charge in [-0.1, -0.05) is 6.42 Å². The van der Waals surface area contributed by atoms with Crippen molar-refractivity contribution in [3.8, 4) is 0 Å².